The Hall–Kier alpha value is -1.51. The van der Waals surface area contributed by atoms with Crippen molar-refractivity contribution >= 4 is 55.2 Å². The number of benzene rings is 2. The summed E-state index contributed by atoms with van der Waals surface area (Å²) in [6.07, 6.45) is 2.58. The van der Waals surface area contributed by atoms with Gasteiger partial charge in [0, 0.05) is 10.1 Å². The zero-order valence-corrected chi connectivity index (χ0v) is 18.2. The fourth-order valence-corrected chi connectivity index (χ4v) is 4.97. The molecule has 1 aliphatic rings. The van der Waals surface area contributed by atoms with Gasteiger partial charge < -0.3 is 0 Å². The molecule has 3 aromatic rings. The first-order valence-corrected chi connectivity index (χ1v) is 11.2. The van der Waals surface area contributed by atoms with E-state index in [9.17, 15) is 4.79 Å². The summed E-state index contributed by atoms with van der Waals surface area (Å²) in [5, 5.41) is 3.60. The van der Waals surface area contributed by atoms with Crippen molar-refractivity contribution in [2.75, 3.05) is 18.4 Å². The van der Waals surface area contributed by atoms with Gasteiger partial charge in [0.15, 0.2) is 5.13 Å². The normalized spacial score (nSPS) is 15.9. The molecule has 4 rings (SSSR count). The van der Waals surface area contributed by atoms with Gasteiger partial charge in [-0.3, -0.25) is 15.0 Å². The van der Waals surface area contributed by atoms with Crippen molar-refractivity contribution in [2.24, 2.45) is 5.92 Å². The van der Waals surface area contributed by atoms with E-state index in [2.05, 4.69) is 62.9 Å². The third kappa shape index (κ3) is 4.50. The number of nitrogens with one attached hydrogen (secondary N) is 1. The summed E-state index contributed by atoms with van der Waals surface area (Å²) >= 11 is 3.72. The lowest BCUT2D eigenvalue weighted by molar-refractivity contribution is 0.102. The van der Waals surface area contributed by atoms with Crippen molar-refractivity contribution in [3.05, 3.63) is 57.2 Å². The molecule has 140 valence electrons. The second-order valence-electron chi connectivity index (χ2n) is 7.21. The third-order valence-corrected chi connectivity index (χ3v) is 6.95. The number of amides is 1. The molecule has 0 unspecified atom stereocenters. The number of hydrogen-bond donors (Lipinski definition) is 1. The van der Waals surface area contributed by atoms with E-state index in [1.54, 1.807) is 0 Å². The topological polar surface area (TPSA) is 45.2 Å². The number of anilines is 1. The van der Waals surface area contributed by atoms with Gasteiger partial charge in [-0.25, -0.2) is 4.98 Å². The highest BCUT2D eigenvalue weighted by Gasteiger charge is 2.16. The van der Waals surface area contributed by atoms with Crippen molar-refractivity contribution in [3.63, 3.8) is 0 Å². The van der Waals surface area contributed by atoms with E-state index >= 15 is 0 Å². The molecule has 6 heteroatoms. The SMILES string of the molecule is CC1CCN(Cc2ccc3nc(NC(=O)c4ccccc4I)sc3c2)CC1. The van der Waals surface area contributed by atoms with Crippen LogP contribution in [0.3, 0.4) is 0 Å². The van der Waals surface area contributed by atoms with Crippen LogP contribution in [0.1, 0.15) is 35.7 Å². The van der Waals surface area contributed by atoms with Gasteiger partial charge in [0.25, 0.3) is 5.91 Å². The molecule has 0 radical (unpaired) electrons. The van der Waals surface area contributed by atoms with Crippen LogP contribution in [0.2, 0.25) is 0 Å². The molecule has 1 aliphatic heterocycles. The molecule has 2 heterocycles. The van der Waals surface area contributed by atoms with Gasteiger partial charge >= 0.3 is 0 Å². The number of aromatic nitrogens is 1. The molecule has 0 aliphatic carbocycles. The minimum Gasteiger partial charge on any atom is -0.299 e. The average Bonchev–Trinajstić information content (AvgIpc) is 3.05. The number of fused-ring (bicyclic) bond motifs is 1. The van der Waals surface area contributed by atoms with Gasteiger partial charge in [-0.05, 0) is 84.3 Å². The number of halogens is 1. The molecule has 1 fully saturated rings. The molecule has 2 aromatic carbocycles. The number of carbonyl (C=O) groups excluding carboxylic acids is 1. The number of carbonyl (C=O) groups is 1. The van der Waals surface area contributed by atoms with Crippen LogP contribution in [0.15, 0.2) is 42.5 Å². The maximum Gasteiger partial charge on any atom is 0.258 e. The Morgan fingerprint density at radius 3 is 2.81 bits per heavy atom. The van der Waals surface area contributed by atoms with E-state index in [1.807, 2.05) is 24.3 Å². The first-order chi connectivity index (χ1) is 13.1. The number of piperidine rings is 1. The van der Waals surface area contributed by atoms with E-state index in [-0.39, 0.29) is 5.91 Å². The van der Waals surface area contributed by atoms with Gasteiger partial charge in [-0.1, -0.05) is 36.5 Å². The van der Waals surface area contributed by atoms with Crippen LogP contribution in [0.5, 0.6) is 0 Å². The first kappa shape index (κ1) is 18.8. The molecule has 0 bridgehead atoms. The number of likely N-dealkylation sites (tertiary alicyclic amines) is 1. The summed E-state index contributed by atoms with van der Waals surface area (Å²) in [6, 6.07) is 14.0. The van der Waals surface area contributed by atoms with Crippen molar-refractivity contribution in [2.45, 2.75) is 26.3 Å². The zero-order chi connectivity index (χ0) is 18.8. The van der Waals surface area contributed by atoms with Crippen LogP contribution < -0.4 is 5.32 Å². The predicted molar refractivity (Wildman–Crippen MR) is 120 cm³/mol. The Bertz CT molecular complexity index is 963. The van der Waals surface area contributed by atoms with E-state index in [0.29, 0.717) is 10.7 Å². The van der Waals surface area contributed by atoms with E-state index in [0.717, 1.165) is 26.2 Å². The molecule has 4 nitrogen and oxygen atoms in total. The van der Waals surface area contributed by atoms with Crippen LogP contribution in [0.4, 0.5) is 5.13 Å². The Balaban J connectivity index is 1.48. The maximum absolute atomic E-state index is 12.5. The van der Waals surface area contributed by atoms with Gasteiger partial charge in [-0.15, -0.1) is 0 Å². The summed E-state index contributed by atoms with van der Waals surface area (Å²) in [5.41, 5.74) is 2.93. The van der Waals surface area contributed by atoms with Gasteiger partial charge in [-0.2, -0.15) is 0 Å². The third-order valence-electron chi connectivity index (χ3n) is 5.07. The average molecular weight is 491 g/mol. The molecule has 1 amide bonds. The highest BCUT2D eigenvalue weighted by molar-refractivity contribution is 14.1. The quantitative estimate of drug-likeness (QED) is 0.499. The Morgan fingerprint density at radius 2 is 2.04 bits per heavy atom. The molecular formula is C21H22IN3OS. The van der Waals surface area contributed by atoms with Gasteiger partial charge in [0.1, 0.15) is 0 Å². The van der Waals surface area contributed by atoms with E-state index in [4.69, 9.17) is 0 Å². The zero-order valence-electron chi connectivity index (χ0n) is 15.2. The van der Waals surface area contributed by atoms with Crippen molar-refractivity contribution in [1.29, 1.82) is 0 Å². The number of nitrogens with zero attached hydrogens (tertiary/aromatic N) is 2. The van der Waals surface area contributed by atoms with E-state index < -0.39 is 0 Å². The van der Waals surface area contributed by atoms with Gasteiger partial charge in [0.2, 0.25) is 0 Å². The Labute approximate surface area is 177 Å². The highest BCUT2D eigenvalue weighted by atomic mass is 127. The summed E-state index contributed by atoms with van der Waals surface area (Å²) in [6.45, 7) is 5.69. The second kappa shape index (κ2) is 8.24. The van der Waals surface area contributed by atoms with Crippen LogP contribution >= 0.6 is 33.9 Å². The molecule has 0 saturated carbocycles. The Morgan fingerprint density at radius 1 is 1.26 bits per heavy atom. The minimum absolute atomic E-state index is 0.110. The first-order valence-electron chi connectivity index (χ1n) is 9.26. The standard InChI is InChI=1S/C21H22IN3OS/c1-14-8-10-25(11-9-14)13-15-6-7-18-19(12-15)27-21(23-18)24-20(26)16-4-2-3-5-17(16)22/h2-7,12,14H,8-11,13H2,1H3,(H,23,24,26). The lowest BCUT2D eigenvalue weighted by Gasteiger charge is -2.30. The summed E-state index contributed by atoms with van der Waals surface area (Å²) < 4.78 is 2.06. The molecule has 1 N–H and O–H groups in total. The molecular weight excluding hydrogens is 469 g/mol. The van der Waals surface area contributed by atoms with Crippen molar-refractivity contribution < 1.29 is 4.79 Å². The highest BCUT2D eigenvalue weighted by Crippen LogP contribution is 2.28. The smallest absolute Gasteiger partial charge is 0.258 e. The number of hydrogen-bond acceptors (Lipinski definition) is 4. The fraction of sp³-hybridized carbons (Fsp3) is 0.333. The lowest BCUT2D eigenvalue weighted by Crippen LogP contribution is -2.32. The molecule has 1 saturated heterocycles. The fourth-order valence-electron chi connectivity index (χ4n) is 3.41. The summed E-state index contributed by atoms with van der Waals surface area (Å²) in [5.74, 6) is 0.741. The van der Waals surface area contributed by atoms with Crippen LogP contribution in [0, 0.1) is 9.49 Å². The van der Waals surface area contributed by atoms with Crippen LogP contribution in [-0.2, 0) is 6.54 Å². The molecule has 27 heavy (non-hydrogen) atoms. The predicted octanol–water partition coefficient (Wildman–Crippen LogP) is 5.39. The maximum atomic E-state index is 12.5. The van der Waals surface area contributed by atoms with Crippen molar-refractivity contribution in [1.82, 2.24) is 9.88 Å². The number of rotatable bonds is 4. The van der Waals surface area contributed by atoms with Gasteiger partial charge in [0.05, 0.1) is 15.8 Å². The van der Waals surface area contributed by atoms with E-state index in [1.165, 1.54) is 42.8 Å². The second-order valence-corrected chi connectivity index (χ2v) is 9.41. The van der Waals surface area contributed by atoms with Crippen LogP contribution in [0.25, 0.3) is 10.2 Å². The largest absolute Gasteiger partial charge is 0.299 e. The lowest BCUT2D eigenvalue weighted by atomic mass is 9.99. The Kier molecular flexibility index (Phi) is 5.75. The summed E-state index contributed by atoms with van der Waals surface area (Å²) in [7, 11) is 0. The van der Waals surface area contributed by atoms with Crippen LogP contribution in [-0.4, -0.2) is 28.9 Å². The molecule has 0 spiro atoms. The summed E-state index contributed by atoms with van der Waals surface area (Å²) in [4.78, 5) is 19.6. The molecule has 0 atom stereocenters. The van der Waals surface area contributed by atoms with Crippen molar-refractivity contribution in [3.8, 4) is 0 Å². The monoisotopic (exact) mass is 491 g/mol. The molecule has 1 aromatic heterocycles. The minimum atomic E-state index is -0.110. The number of thiazole rings is 1.